The molecule has 0 spiro atoms. The van der Waals surface area contributed by atoms with E-state index in [4.69, 9.17) is 0 Å². The number of benzene rings is 1. The second-order valence-electron chi connectivity index (χ2n) is 5.05. The van der Waals surface area contributed by atoms with Gasteiger partial charge < -0.3 is 15.4 Å². The number of carbonyl (C=O) groups is 1. The summed E-state index contributed by atoms with van der Waals surface area (Å²) in [5.41, 5.74) is 1.64. The van der Waals surface area contributed by atoms with Crippen LogP contribution < -0.4 is 10.9 Å². The Labute approximate surface area is 144 Å². The molecule has 0 radical (unpaired) electrons. The van der Waals surface area contributed by atoms with E-state index in [0.29, 0.717) is 5.69 Å². The highest BCUT2D eigenvalue weighted by atomic mass is 32.2. The number of hydrogen-bond acceptors (Lipinski definition) is 5. The standard InChI is InChI=1S/C17H19N3O3S/c1-3-5-13-15(22)19-17(20-16(13)23)24-10-14(21)18-12-8-6-11(4-2)7-9-12/h3,6-9H,1,4-5,10H2,2H3,(H,18,21)(H2,19,20,22,23). The van der Waals surface area contributed by atoms with Crippen molar-refractivity contribution in [2.75, 3.05) is 11.1 Å². The summed E-state index contributed by atoms with van der Waals surface area (Å²) < 4.78 is 0. The molecule has 0 saturated heterocycles. The van der Waals surface area contributed by atoms with Gasteiger partial charge in [0.15, 0.2) is 5.16 Å². The van der Waals surface area contributed by atoms with Gasteiger partial charge in [-0.05, 0) is 24.1 Å². The number of nitrogens with one attached hydrogen (secondary N) is 2. The minimum absolute atomic E-state index is 0.0682. The van der Waals surface area contributed by atoms with Crippen LogP contribution in [0.3, 0.4) is 0 Å². The summed E-state index contributed by atoms with van der Waals surface area (Å²) in [6.07, 6.45) is 2.68. The molecular formula is C17H19N3O3S. The average Bonchev–Trinajstić information content (AvgIpc) is 2.57. The topological polar surface area (TPSA) is 95.1 Å². The van der Waals surface area contributed by atoms with Gasteiger partial charge in [0.25, 0.3) is 5.56 Å². The van der Waals surface area contributed by atoms with Gasteiger partial charge in [-0.25, -0.2) is 0 Å². The highest BCUT2D eigenvalue weighted by molar-refractivity contribution is 7.99. The molecule has 6 nitrogen and oxygen atoms in total. The molecule has 0 fully saturated rings. The van der Waals surface area contributed by atoms with Crippen molar-refractivity contribution >= 4 is 23.4 Å². The molecule has 1 heterocycles. The molecule has 1 amide bonds. The van der Waals surface area contributed by atoms with Gasteiger partial charge in [0.2, 0.25) is 11.8 Å². The maximum atomic E-state index is 12.0. The first-order chi connectivity index (χ1) is 11.5. The number of aromatic amines is 1. The first-order valence-electron chi connectivity index (χ1n) is 7.48. The van der Waals surface area contributed by atoms with Gasteiger partial charge in [0.05, 0.1) is 11.3 Å². The monoisotopic (exact) mass is 345 g/mol. The van der Waals surface area contributed by atoms with Gasteiger partial charge in [-0.15, -0.1) is 6.58 Å². The Hall–Kier alpha value is -2.54. The maximum Gasteiger partial charge on any atom is 0.258 e. The fourth-order valence-electron chi connectivity index (χ4n) is 2.02. The molecule has 0 aliphatic rings. The Kier molecular flexibility index (Phi) is 6.20. The third-order valence-electron chi connectivity index (χ3n) is 3.31. The summed E-state index contributed by atoms with van der Waals surface area (Å²) in [4.78, 5) is 30.2. The smallest absolute Gasteiger partial charge is 0.258 e. The molecule has 0 atom stereocenters. The van der Waals surface area contributed by atoms with Crippen LogP contribution in [0.4, 0.5) is 5.69 Å². The van der Waals surface area contributed by atoms with Crippen LogP contribution in [0, 0.1) is 0 Å². The lowest BCUT2D eigenvalue weighted by molar-refractivity contribution is -0.113. The Bertz CT molecular complexity index is 785. The molecule has 2 aromatic rings. The number of allylic oxidation sites excluding steroid dienone is 1. The Balaban J connectivity index is 1.96. The van der Waals surface area contributed by atoms with E-state index in [0.717, 1.165) is 18.2 Å². The molecule has 0 aliphatic carbocycles. The van der Waals surface area contributed by atoms with E-state index < -0.39 is 5.56 Å². The summed E-state index contributed by atoms with van der Waals surface area (Å²) in [5, 5.41) is 12.7. The zero-order valence-electron chi connectivity index (χ0n) is 13.3. The van der Waals surface area contributed by atoms with Crippen LogP contribution in [0.2, 0.25) is 0 Å². The largest absolute Gasteiger partial charge is 0.493 e. The Morgan fingerprint density at radius 3 is 2.71 bits per heavy atom. The van der Waals surface area contributed by atoms with Crippen molar-refractivity contribution < 1.29 is 9.90 Å². The predicted octanol–water partition coefficient (Wildman–Crippen LogP) is 2.50. The molecule has 7 heteroatoms. The number of hydrogen-bond donors (Lipinski definition) is 3. The summed E-state index contributed by atoms with van der Waals surface area (Å²) in [7, 11) is 0. The average molecular weight is 345 g/mol. The van der Waals surface area contributed by atoms with Crippen LogP contribution in [-0.2, 0) is 17.6 Å². The number of aromatic hydroxyl groups is 1. The SMILES string of the molecule is C=CCc1c(O)nc(SCC(=O)Nc2ccc(CC)cc2)[nH]c1=O. The molecule has 0 bridgehead atoms. The van der Waals surface area contributed by atoms with Crippen LogP contribution in [0.5, 0.6) is 5.88 Å². The molecular weight excluding hydrogens is 326 g/mol. The molecule has 24 heavy (non-hydrogen) atoms. The van der Waals surface area contributed by atoms with E-state index in [2.05, 4.69) is 28.8 Å². The molecule has 0 aliphatic heterocycles. The van der Waals surface area contributed by atoms with Crippen molar-refractivity contribution in [3.8, 4) is 5.88 Å². The number of anilines is 1. The second kappa shape index (κ2) is 8.35. The van der Waals surface area contributed by atoms with E-state index in [1.807, 2.05) is 24.3 Å². The second-order valence-corrected chi connectivity index (χ2v) is 6.02. The van der Waals surface area contributed by atoms with Crippen molar-refractivity contribution in [2.45, 2.75) is 24.9 Å². The van der Waals surface area contributed by atoms with Crippen molar-refractivity contribution in [3.63, 3.8) is 0 Å². The third-order valence-corrected chi connectivity index (χ3v) is 4.18. The van der Waals surface area contributed by atoms with Crippen molar-refractivity contribution in [1.29, 1.82) is 0 Å². The highest BCUT2D eigenvalue weighted by Gasteiger charge is 2.11. The van der Waals surface area contributed by atoms with Gasteiger partial charge in [0, 0.05) is 12.1 Å². The number of rotatable bonds is 7. The van der Waals surface area contributed by atoms with Crippen molar-refractivity contribution in [2.24, 2.45) is 0 Å². The van der Waals surface area contributed by atoms with Gasteiger partial charge in [-0.2, -0.15) is 4.98 Å². The van der Waals surface area contributed by atoms with E-state index in [-0.39, 0.29) is 34.7 Å². The molecule has 0 saturated carbocycles. The van der Waals surface area contributed by atoms with Crippen LogP contribution in [0.1, 0.15) is 18.1 Å². The molecule has 1 aromatic heterocycles. The number of amides is 1. The fourth-order valence-corrected chi connectivity index (χ4v) is 2.67. The summed E-state index contributed by atoms with van der Waals surface area (Å²) in [5.74, 6) is -0.489. The minimum atomic E-state index is -0.430. The predicted molar refractivity (Wildman–Crippen MR) is 95.6 cm³/mol. The van der Waals surface area contributed by atoms with Crippen LogP contribution in [0.15, 0.2) is 46.9 Å². The van der Waals surface area contributed by atoms with Gasteiger partial charge in [-0.1, -0.05) is 36.9 Å². The van der Waals surface area contributed by atoms with E-state index in [9.17, 15) is 14.7 Å². The van der Waals surface area contributed by atoms with Crippen LogP contribution in [0.25, 0.3) is 0 Å². The number of thioether (sulfide) groups is 1. The number of carbonyl (C=O) groups excluding carboxylic acids is 1. The number of aryl methyl sites for hydroxylation is 1. The molecule has 0 unspecified atom stereocenters. The van der Waals surface area contributed by atoms with Gasteiger partial charge >= 0.3 is 0 Å². The summed E-state index contributed by atoms with van der Waals surface area (Å²) >= 11 is 1.05. The van der Waals surface area contributed by atoms with Gasteiger partial charge in [0.1, 0.15) is 0 Å². The van der Waals surface area contributed by atoms with Gasteiger partial charge in [-0.3, -0.25) is 9.59 Å². The summed E-state index contributed by atoms with van der Waals surface area (Å²) in [6, 6.07) is 7.60. The third kappa shape index (κ3) is 4.73. The molecule has 3 N–H and O–H groups in total. The number of aromatic nitrogens is 2. The normalized spacial score (nSPS) is 10.4. The number of nitrogens with zero attached hydrogens (tertiary/aromatic N) is 1. The lowest BCUT2D eigenvalue weighted by Crippen LogP contribution is -2.17. The minimum Gasteiger partial charge on any atom is -0.493 e. The summed E-state index contributed by atoms with van der Waals surface area (Å²) in [6.45, 7) is 5.58. The first-order valence-corrected chi connectivity index (χ1v) is 8.46. The quantitative estimate of drug-likeness (QED) is 0.407. The highest BCUT2D eigenvalue weighted by Crippen LogP contribution is 2.17. The number of H-pyrrole nitrogens is 1. The van der Waals surface area contributed by atoms with E-state index in [1.165, 1.54) is 11.6 Å². The van der Waals surface area contributed by atoms with Crippen LogP contribution in [-0.4, -0.2) is 26.7 Å². The van der Waals surface area contributed by atoms with Crippen LogP contribution >= 0.6 is 11.8 Å². The molecule has 1 aromatic carbocycles. The maximum absolute atomic E-state index is 12.0. The molecule has 2 rings (SSSR count). The van der Waals surface area contributed by atoms with Crippen molar-refractivity contribution in [3.05, 3.63) is 58.4 Å². The lowest BCUT2D eigenvalue weighted by Gasteiger charge is -2.06. The zero-order valence-corrected chi connectivity index (χ0v) is 14.2. The van der Waals surface area contributed by atoms with E-state index in [1.54, 1.807) is 0 Å². The van der Waals surface area contributed by atoms with E-state index >= 15 is 0 Å². The Morgan fingerprint density at radius 2 is 2.12 bits per heavy atom. The zero-order chi connectivity index (χ0) is 17.5. The van der Waals surface area contributed by atoms with Crippen molar-refractivity contribution in [1.82, 2.24) is 9.97 Å². The molecule has 126 valence electrons. The fraction of sp³-hybridized carbons (Fsp3) is 0.235. The first kappa shape index (κ1) is 17.8. The lowest BCUT2D eigenvalue weighted by atomic mass is 10.1. The Morgan fingerprint density at radius 1 is 1.42 bits per heavy atom.